The second-order valence-corrected chi connectivity index (χ2v) is 17.8. The molecule has 1 rings (SSSR count). The summed E-state index contributed by atoms with van der Waals surface area (Å²) in [5.74, 6) is 0. The van der Waals surface area contributed by atoms with Crippen molar-refractivity contribution in [2.75, 3.05) is 0 Å². The molecule has 0 aliphatic carbocycles. The van der Waals surface area contributed by atoms with Crippen LogP contribution in [-0.2, 0) is 0 Å². The van der Waals surface area contributed by atoms with Gasteiger partial charge in [0.1, 0.15) is 0 Å². The van der Waals surface area contributed by atoms with Crippen LogP contribution in [0, 0.1) is 0 Å². The molecule has 0 fully saturated rings. The minimum atomic E-state index is 1.34. The van der Waals surface area contributed by atoms with E-state index in [4.69, 9.17) is 0 Å². The monoisotopic (exact) mass is 404 g/mol. The molecule has 0 aromatic carbocycles. The van der Waals surface area contributed by atoms with Crippen molar-refractivity contribution in [3.8, 4) is 0 Å². The summed E-state index contributed by atoms with van der Waals surface area (Å²) in [4.78, 5) is 1.34. The summed E-state index contributed by atoms with van der Waals surface area (Å²) < 4.78 is 0. The Hall–Kier alpha value is 3.20. The lowest BCUT2D eigenvalue weighted by molar-refractivity contribution is 1.62. The Balaban J connectivity index is 1.81. The van der Waals surface area contributed by atoms with Crippen molar-refractivity contribution in [1.82, 2.24) is 0 Å². The third kappa shape index (κ3) is 9.74. The first-order chi connectivity index (χ1) is 7.43. The molecule has 11 heteroatoms. The number of thiol groups is 1. The highest BCUT2D eigenvalue weighted by molar-refractivity contribution is 9.52. The Kier molecular flexibility index (Phi) is 13.3. The van der Waals surface area contributed by atoms with Gasteiger partial charge in [0.25, 0.3) is 0 Å². The van der Waals surface area contributed by atoms with E-state index >= 15 is 0 Å². The fourth-order valence-corrected chi connectivity index (χ4v) is 20.9. The molecule has 0 aliphatic rings. The fraction of sp³-hybridized carbons (Fsp3) is 0. The van der Waals surface area contributed by atoms with Crippen LogP contribution in [-0.4, -0.2) is 0 Å². The average Bonchev–Trinajstić information content (AvgIpc) is 2.75. The van der Waals surface area contributed by atoms with Crippen molar-refractivity contribution in [2.45, 2.75) is 4.90 Å². The third-order valence-electron chi connectivity index (χ3n) is 0.822. The van der Waals surface area contributed by atoms with Crippen LogP contribution in [0.3, 0.4) is 0 Å². The van der Waals surface area contributed by atoms with Crippen molar-refractivity contribution in [2.24, 2.45) is 0 Å². The number of thiophene rings is 1. The molecule has 1 heterocycles. The van der Waals surface area contributed by atoms with Gasteiger partial charge < -0.3 is 0 Å². The van der Waals surface area contributed by atoms with Gasteiger partial charge in [-0.25, -0.2) is 0 Å². The van der Waals surface area contributed by atoms with Crippen LogP contribution in [0.4, 0.5) is 0 Å². The maximum Gasteiger partial charge on any atom is 0.0298 e. The van der Waals surface area contributed by atoms with Gasteiger partial charge >= 0.3 is 0 Å². The molecule has 0 unspecified atom stereocenters. The molecule has 0 aliphatic heterocycles. The van der Waals surface area contributed by atoms with Gasteiger partial charge in [0.2, 0.25) is 0 Å². The lowest BCUT2D eigenvalue weighted by Gasteiger charge is -1.96. The standard InChI is InChI=1S/C4H4S11/c5-8-10-12-14-15-13-11-9-7-4-1-2-6-3-4/h1-3,5H. The summed E-state index contributed by atoms with van der Waals surface area (Å²) in [6.07, 6.45) is 0. The molecule has 0 nitrogen and oxygen atoms in total. The first kappa shape index (κ1) is 16.3. The van der Waals surface area contributed by atoms with Crippen LogP contribution >= 0.6 is 112 Å². The lowest BCUT2D eigenvalue weighted by atomic mass is 10.7. The normalized spacial score (nSPS) is 10.7. The van der Waals surface area contributed by atoms with E-state index in [0.29, 0.717) is 0 Å². The van der Waals surface area contributed by atoms with Gasteiger partial charge in [0.15, 0.2) is 0 Å². The van der Waals surface area contributed by atoms with Crippen LogP contribution in [0.2, 0.25) is 0 Å². The second kappa shape index (κ2) is 12.2. The van der Waals surface area contributed by atoms with E-state index in [1.165, 1.54) is 14.7 Å². The summed E-state index contributed by atoms with van der Waals surface area (Å²) in [5, 5.41) is 4.27. The largest absolute Gasteiger partial charge is 0.151 e. The Bertz CT molecular complexity index is 221. The SMILES string of the molecule is SSSSSSSSSSc1ccsc1. The van der Waals surface area contributed by atoms with Crippen molar-refractivity contribution >= 4 is 112 Å². The Labute approximate surface area is 132 Å². The highest BCUT2D eigenvalue weighted by Gasteiger charge is 1.98. The van der Waals surface area contributed by atoms with Crippen LogP contribution in [0.5, 0.6) is 0 Å². The molecule has 0 bridgehead atoms. The number of rotatable bonds is 9. The van der Waals surface area contributed by atoms with Gasteiger partial charge in [0, 0.05) is 10.3 Å². The van der Waals surface area contributed by atoms with E-state index < -0.39 is 0 Å². The average molecular weight is 405 g/mol. The van der Waals surface area contributed by atoms with Gasteiger partial charge in [-0.3, -0.25) is 0 Å². The zero-order valence-corrected chi connectivity index (χ0v) is 15.8. The van der Waals surface area contributed by atoms with E-state index in [-0.39, 0.29) is 0 Å². The Morgan fingerprint density at radius 1 is 0.933 bits per heavy atom. The predicted octanol–water partition coefficient (Wildman–Crippen LogP) is 7.87. The Morgan fingerprint density at radius 3 is 2.20 bits per heavy atom. The molecule has 0 radical (unpaired) electrons. The van der Waals surface area contributed by atoms with Gasteiger partial charge in [0.05, 0.1) is 0 Å². The molecular weight excluding hydrogens is 401 g/mol. The molecule has 0 atom stereocenters. The first-order valence-electron chi connectivity index (χ1n) is 3.10. The lowest BCUT2D eigenvalue weighted by Crippen LogP contribution is -1.48. The van der Waals surface area contributed by atoms with Crippen LogP contribution in [0.25, 0.3) is 0 Å². The molecule has 0 spiro atoms. The predicted molar refractivity (Wildman–Crippen MR) is 99.9 cm³/mol. The summed E-state index contributed by atoms with van der Waals surface area (Å²) in [5.41, 5.74) is 0. The first-order valence-corrected chi connectivity index (χ1v) is 16.6. The van der Waals surface area contributed by atoms with E-state index in [0.717, 1.165) is 0 Å². The van der Waals surface area contributed by atoms with E-state index in [1.54, 1.807) is 70.3 Å². The van der Waals surface area contributed by atoms with E-state index in [9.17, 15) is 0 Å². The second-order valence-electron chi connectivity index (χ2n) is 1.59. The van der Waals surface area contributed by atoms with Gasteiger partial charge in [-0.05, 0) is 101 Å². The van der Waals surface area contributed by atoms with Crippen LogP contribution in [0.1, 0.15) is 0 Å². The number of hydrogen-bond donors (Lipinski definition) is 1. The maximum atomic E-state index is 4.03. The minimum Gasteiger partial charge on any atom is -0.151 e. The molecule has 0 N–H and O–H groups in total. The highest BCUT2D eigenvalue weighted by Crippen LogP contribution is 2.59. The topological polar surface area (TPSA) is 0 Å². The van der Waals surface area contributed by atoms with E-state index in [2.05, 4.69) is 28.5 Å². The molecule has 1 aromatic heterocycles. The minimum absolute atomic E-state index is 1.34. The van der Waals surface area contributed by atoms with Gasteiger partial charge in [-0.15, -0.1) is 0 Å². The molecule has 86 valence electrons. The summed E-state index contributed by atoms with van der Waals surface area (Å²) in [6, 6.07) is 2.14. The maximum absolute atomic E-state index is 4.03. The fourth-order valence-electron chi connectivity index (χ4n) is 0.422. The molecular formula is C4H4S11. The van der Waals surface area contributed by atoms with Gasteiger partial charge in [-0.2, -0.15) is 11.3 Å². The molecule has 1 aromatic rings. The van der Waals surface area contributed by atoms with E-state index in [1.807, 2.05) is 20.6 Å². The van der Waals surface area contributed by atoms with Crippen LogP contribution < -0.4 is 0 Å². The Morgan fingerprint density at radius 2 is 1.60 bits per heavy atom. The summed E-state index contributed by atoms with van der Waals surface area (Å²) in [6.45, 7) is 0. The van der Waals surface area contributed by atoms with Crippen molar-refractivity contribution in [3.63, 3.8) is 0 Å². The van der Waals surface area contributed by atoms with Crippen molar-refractivity contribution in [3.05, 3.63) is 16.8 Å². The smallest absolute Gasteiger partial charge is 0.0298 e. The zero-order valence-electron chi connectivity index (χ0n) is 6.76. The molecule has 0 amide bonds. The van der Waals surface area contributed by atoms with Crippen molar-refractivity contribution < 1.29 is 0 Å². The summed E-state index contributed by atoms with van der Waals surface area (Å²) >= 11 is 5.77. The third-order valence-corrected chi connectivity index (χ3v) is 19.3. The molecule has 0 saturated carbocycles. The van der Waals surface area contributed by atoms with Gasteiger partial charge in [-0.1, -0.05) is 11.7 Å². The molecule has 15 heavy (non-hydrogen) atoms. The zero-order chi connectivity index (χ0) is 10.8. The number of hydrogen-bond acceptors (Lipinski definition) is 11. The van der Waals surface area contributed by atoms with Crippen molar-refractivity contribution in [1.29, 1.82) is 0 Å². The highest BCUT2D eigenvalue weighted by atomic mass is 34.0. The van der Waals surface area contributed by atoms with Crippen LogP contribution in [0.15, 0.2) is 21.7 Å². The molecule has 0 saturated heterocycles. The quantitative estimate of drug-likeness (QED) is 0.246. The summed E-state index contributed by atoms with van der Waals surface area (Å²) in [7, 11) is 15.7.